The van der Waals surface area contributed by atoms with Crippen molar-refractivity contribution in [1.29, 1.82) is 0 Å². The molecule has 0 rings (SSSR count). The van der Waals surface area contributed by atoms with Crippen molar-refractivity contribution in [1.82, 2.24) is 25.8 Å². The first-order valence-corrected chi connectivity index (χ1v) is 14.8. The largest absolute Gasteiger partial charge is 0.481 e. The summed E-state index contributed by atoms with van der Waals surface area (Å²) < 4.78 is 0. The molecule has 256 valence electrons. The first-order valence-electron chi connectivity index (χ1n) is 14.8. The Morgan fingerprint density at radius 3 is 1.16 bits per heavy atom. The third kappa shape index (κ3) is 24.6. The van der Waals surface area contributed by atoms with Crippen LogP contribution in [-0.2, 0) is 45.8 Å². The maximum Gasteiger partial charge on any atom is 0.303 e. The predicted molar refractivity (Wildman–Crippen MR) is 150 cm³/mol. The van der Waals surface area contributed by atoms with E-state index in [4.69, 9.17) is 10.2 Å². The van der Waals surface area contributed by atoms with Crippen LogP contribution in [0.4, 0.5) is 0 Å². The first kappa shape index (κ1) is 43.3. The summed E-state index contributed by atoms with van der Waals surface area (Å²) in [6, 6.07) is 0. The van der Waals surface area contributed by atoms with Crippen molar-refractivity contribution in [3.8, 4) is 0 Å². The standard InChI is InChI=1S/C27H49N5O11.Fe/c33-21-9-3-8-20-31(42)25(37)13-11-23(35)28-16-4-1-6-18-30(41)24(36)12-10-22(34)29-17-5-2-7-19-32(43)26(38)14-15-27(39)40;/h33,41-43H,1-21H2,(H,28,35)(H,29,34)(H,39,40);. The summed E-state index contributed by atoms with van der Waals surface area (Å²) in [5.74, 6) is -3.59. The Labute approximate surface area is 268 Å². The number of rotatable bonds is 26. The summed E-state index contributed by atoms with van der Waals surface area (Å²) in [4.78, 5) is 69.6. The third-order valence-corrected chi connectivity index (χ3v) is 6.31. The van der Waals surface area contributed by atoms with Gasteiger partial charge in [0.05, 0.1) is 6.42 Å². The zero-order valence-electron chi connectivity index (χ0n) is 25.2. The van der Waals surface area contributed by atoms with Crippen molar-refractivity contribution in [2.75, 3.05) is 39.3 Å². The van der Waals surface area contributed by atoms with Crippen LogP contribution < -0.4 is 10.6 Å². The summed E-state index contributed by atoms with van der Waals surface area (Å²) in [7, 11) is 0. The Hall–Kier alpha value is -2.82. The minimum atomic E-state index is -1.12. The molecule has 0 bridgehead atoms. The zero-order valence-corrected chi connectivity index (χ0v) is 26.3. The van der Waals surface area contributed by atoms with Gasteiger partial charge in [-0.25, -0.2) is 15.2 Å². The Bertz CT molecular complexity index is 866. The van der Waals surface area contributed by atoms with Gasteiger partial charge in [-0.05, 0) is 57.8 Å². The normalized spacial score (nSPS) is 10.4. The molecule has 0 aromatic carbocycles. The minimum absolute atomic E-state index is 0. The van der Waals surface area contributed by atoms with Crippen LogP contribution in [0.25, 0.3) is 0 Å². The number of aliphatic hydroxyl groups excluding tert-OH is 1. The van der Waals surface area contributed by atoms with E-state index in [2.05, 4.69) is 10.6 Å². The number of unbranched alkanes of at least 4 members (excludes halogenated alkanes) is 6. The quantitative estimate of drug-likeness (QED) is 0.0293. The number of carbonyl (C=O) groups excluding carboxylic acids is 5. The molecule has 0 unspecified atom stereocenters. The van der Waals surface area contributed by atoms with Crippen molar-refractivity contribution < 1.29 is 71.7 Å². The van der Waals surface area contributed by atoms with E-state index in [1.807, 2.05) is 0 Å². The number of hydroxylamine groups is 6. The molecule has 0 spiro atoms. The van der Waals surface area contributed by atoms with Crippen LogP contribution in [0.2, 0.25) is 0 Å². The van der Waals surface area contributed by atoms with Gasteiger partial charge in [0.25, 0.3) is 0 Å². The molecule has 0 atom stereocenters. The number of hydrogen-bond acceptors (Lipinski definition) is 10. The Kier molecular flexibility index (Phi) is 27.3. The fourth-order valence-electron chi connectivity index (χ4n) is 3.73. The Morgan fingerprint density at radius 1 is 0.477 bits per heavy atom. The fourth-order valence-corrected chi connectivity index (χ4v) is 3.73. The maximum atomic E-state index is 12.0. The van der Waals surface area contributed by atoms with Gasteiger partial charge in [-0.1, -0.05) is 0 Å². The molecular formula is C27H49FeN5O11. The average Bonchev–Trinajstić information content (AvgIpc) is 2.98. The SMILES string of the molecule is O=C(O)CCC(=O)N(O)CCCCCNC(=O)CCC(=O)N(O)CCCCCNC(=O)CCC(=O)N(O)CCCCCO.[Fe]. The van der Waals surface area contributed by atoms with Gasteiger partial charge < -0.3 is 20.8 Å². The zero-order chi connectivity index (χ0) is 32.5. The van der Waals surface area contributed by atoms with Gasteiger partial charge in [-0.3, -0.25) is 44.4 Å². The summed E-state index contributed by atoms with van der Waals surface area (Å²) in [6.45, 7) is 1.04. The van der Waals surface area contributed by atoms with Gasteiger partial charge in [-0.2, -0.15) is 0 Å². The molecule has 44 heavy (non-hydrogen) atoms. The van der Waals surface area contributed by atoms with E-state index < -0.39 is 23.7 Å². The molecule has 0 aliphatic heterocycles. The molecule has 0 aliphatic carbocycles. The second-order valence-corrected chi connectivity index (χ2v) is 10.0. The van der Waals surface area contributed by atoms with Crippen LogP contribution in [0.1, 0.15) is 96.3 Å². The maximum absolute atomic E-state index is 12.0. The van der Waals surface area contributed by atoms with Crippen LogP contribution >= 0.6 is 0 Å². The smallest absolute Gasteiger partial charge is 0.303 e. The van der Waals surface area contributed by atoms with E-state index in [1.54, 1.807) is 0 Å². The van der Waals surface area contributed by atoms with Crippen LogP contribution in [0.3, 0.4) is 0 Å². The molecule has 5 amide bonds. The molecule has 0 aromatic rings. The number of carboxylic acids is 1. The summed E-state index contributed by atoms with van der Waals surface area (Å²) in [5, 5.41) is 53.3. The van der Waals surface area contributed by atoms with Crippen molar-refractivity contribution >= 4 is 35.5 Å². The van der Waals surface area contributed by atoms with Crippen LogP contribution in [0.15, 0.2) is 0 Å². The topological polar surface area (TPSA) is 237 Å². The van der Waals surface area contributed by atoms with E-state index >= 15 is 0 Å². The summed E-state index contributed by atoms with van der Waals surface area (Å²) >= 11 is 0. The molecule has 0 heterocycles. The Morgan fingerprint density at radius 2 is 0.818 bits per heavy atom. The van der Waals surface area contributed by atoms with Crippen molar-refractivity contribution in [2.24, 2.45) is 0 Å². The van der Waals surface area contributed by atoms with Crippen LogP contribution in [0.5, 0.6) is 0 Å². The molecule has 0 radical (unpaired) electrons. The molecule has 16 nitrogen and oxygen atoms in total. The number of aliphatic carboxylic acids is 1. The number of nitrogens with zero attached hydrogens (tertiary/aromatic N) is 3. The van der Waals surface area contributed by atoms with Crippen LogP contribution in [-0.4, -0.2) is 116 Å². The van der Waals surface area contributed by atoms with Gasteiger partial charge in [0, 0.05) is 88.5 Å². The van der Waals surface area contributed by atoms with E-state index in [-0.39, 0.29) is 93.6 Å². The molecule has 0 aromatic heterocycles. The summed E-state index contributed by atoms with van der Waals surface area (Å²) in [5.41, 5.74) is 0. The molecule has 17 heteroatoms. The second kappa shape index (κ2) is 27.7. The fraction of sp³-hybridized carbons (Fsp3) is 0.778. The third-order valence-electron chi connectivity index (χ3n) is 6.31. The second-order valence-electron chi connectivity index (χ2n) is 10.0. The monoisotopic (exact) mass is 675 g/mol. The van der Waals surface area contributed by atoms with Gasteiger partial charge in [-0.15, -0.1) is 0 Å². The number of aliphatic hydroxyl groups is 1. The molecule has 0 aliphatic rings. The van der Waals surface area contributed by atoms with Crippen molar-refractivity contribution in [3.63, 3.8) is 0 Å². The molecule has 0 saturated heterocycles. The van der Waals surface area contributed by atoms with Gasteiger partial charge in [0.15, 0.2) is 0 Å². The van der Waals surface area contributed by atoms with Gasteiger partial charge >= 0.3 is 5.97 Å². The van der Waals surface area contributed by atoms with Crippen molar-refractivity contribution in [2.45, 2.75) is 96.3 Å². The number of nitrogens with one attached hydrogen (secondary N) is 2. The molecule has 0 saturated carbocycles. The predicted octanol–water partition coefficient (Wildman–Crippen LogP) is 0.798. The van der Waals surface area contributed by atoms with E-state index in [9.17, 15) is 44.4 Å². The summed E-state index contributed by atoms with van der Waals surface area (Å²) in [6.07, 6.45) is 4.12. The van der Waals surface area contributed by atoms with E-state index in [1.165, 1.54) is 0 Å². The van der Waals surface area contributed by atoms with Crippen LogP contribution in [0, 0.1) is 0 Å². The van der Waals surface area contributed by atoms with E-state index in [0.717, 1.165) is 0 Å². The number of hydrogen-bond donors (Lipinski definition) is 7. The first-order chi connectivity index (χ1) is 20.5. The number of carbonyl (C=O) groups is 6. The Balaban J connectivity index is 0. The molecule has 7 N–H and O–H groups in total. The molecule has 0 fully saturated rings. The van der Waals surface area contributed by atoms with Gasteiger partial charge in [0.1, 0.15) is 0 Å². The average molecular weight is 676 g/mol. The molecular weight excluding hydrogens is 626 g/mol. The van der Waals surface area contributed by atoms with E-state index in [0.29, 0.717) is 86.1 Å². The minimum Gasteiger partial charge on any atom is -0.481 e. The number of carboxylic acid groups (broad SMARTS) is 1. The number of amides is 5. The van der Waals surface area contributed by atoms with Crippen molar-refractivity contribution in [3.05, 3.63) is 0 Å². The van der Waals surface area contributed by atoms with Gasteiger partial charge in [0.2, 0.25) is 29.5 Å².